The average Bonchev–Trinajstić information content (AvgIpc) is 2.85. The van der Waals surface area contributed by atoms with E-state index in [9.17, 15) is 9.90 Å². The molecule has 0 aliphatic carbocycles. The first kappa shape index (κ1) is 14.9. The molecule has 2 aromatic rings. The van der Waals surface area contributed by atoms with Crippen LogP contribution in [0.2, 0.25) is 0 Å². The van der Waals surface area contributed by atoms with Gasteiger partial charge in [0.2, 0.25) is 5.91 Å². The smallest absolute Gasteiger partial charge is 0.220 e. The number of fused-ring (bicyclic) bond motifs is 1. The molecule has 4 nitrogen and oxygen atoms in total. The first-order valence-corrected chi connectivity index (χ1v) is 7.67. The molecular formula is C15H20N2O2S. The molecule has 108 valence electrons. The molecule has 1 amide bonds. The van der Waals surface area contributed by atoms with Crippen LogP contribution in [0, 0.1) is 5.92 Å². The van der Waals surface area contributed by atoms with E-state index in [1.54, 1.807) is 11.3 Å². The lowest BCUT2D eigenvalue weighted by atomic mass is 10.1. The van der Waals surface area contributed by atoms with E-state index >= 15 is 0 Å². The van der Waals surface area contributed by atoms with Crippen LogP contribution in [0.4, 0.5) is 0 Å². The Balaban J connectivity index is 1.81. The van der Waals surface area contributed by atoms with E-state index < -0.39 is 6.10 Å². The van der Waals surface area contributed by atoms with Crippen LogP contribution >= 0.6 is 11.3 Å². The fourth-order valence-corrected chi connectivity index (χ4v) is 2.76. The molecule has 0 spiro atoms. The summed E-state index contributed by atoms with van der Waals surface area (Å²) in [6.45, 7) is 4.17. The van der Waals surface area contributed by atoms with Crippen LogP contribution in [0.1, 0.15) is 25.3 Å². The summed E-state index contributed by atoms with van der Waals surface area (Å²) in [7, 11) is 0. The van der Waals surface area contributed by atoms with Crippen molar-refractivity contribution in [1.29, 1.82) is 0 Å². The number of nitrogens with one attached hydrogen (secondary N) is 1. The molecule has 1 atom stereocenters. The lowest BCUT2D eigenvalue weighted by Gasteiger charge is -2.14. The maximum absolute atomic E-state index is 11.7. The molecule has 2 N–H and O–H groups in total. The Morgan fingerprint density at radius 3 is 2.85 bits per heavy atom. The predicted molar refractivity (Wildman–Crippen MR) is 81.8 cm³/mol. The van der Waals surface area contributed by atoms with Gasteiger partial charge in [0.05, 0.1) is 21.3 Å². The van der Waals surface area contributed by atoms with E-state index in [1.165, 1.54) is 0 Å². The Morgan fingerprint density at radius 1 is 1.40 bits per heavy atom. The molecule has 1 aromatic carbocycles. The van der Waals surface area contributed by atoms with E-state index in [-0.39, 0.29) is 11.8 Å². The van der Waals surface area contributed by atoms with Gasteiger partial charge in [-0.05, 0) is 18.1 Å². The SMILES string of the molecule is CC(C)C(O)CNC(=O)CCc1nc2ccccc2s1. The van der Waals surface area contributed by atoms with Gasteiger partial charge in [0.1, 0.15) is 0 Å². The quantitative estimate of drug-likeness (QED) is 0.859. The summed E-state index contributed by atoms with van der Waals surface area (Å²) < 4.78 is 1.15. The van der Waals surface area contributed by atoms with Gasteiger partial charge < -0.3 is 10.4 Å². The van der Waals surface area contributed by atoms with Gasteiger partial charge in [0, 0.05) is 19.4 Å². The fraction of sp³-hybridized carbons (Fsp3) is 0.467. The van der Waals surface area contributed by atoms with E-state index in [2.05, 4.69) is 10.3 Å². The van der Waals surface area contributed by atoms with Crippen molar-refractivity contribution in [3.8, 4) is 0 Å². The molecule has 5 heteroatoms. The highest BCUT2D eigenvalue weighted by Gasteiger charge is 2.11. The lowest BCUT2D eigenvalue weighted by molar-refractivity contribution is -0.121. The molecular weight excluding hydrogens is 272 g/mol. The molecule has 2 rings (SSSR count). The number of carbonyl (C=O) groups excluding carboxylic acids is 1. The number of rotatable bonds is 6. The Hall–Kier alpha value is -1.46. The third-order valence-corrected chi connectivity index (χ3v) is 4.28. The van der Waals surface area contributed by atoms with Gasteiger partial charge in [0.25, 0.3) is 0 Å². The van der Waals surface area contributed by atoms with Crippen LogP contribution in [-0.2, 0) is 11.2 Å². The number of aryl methyl sites for hydroxylation is 1. The second kappa shape index (κ2) is 6.81. The highest BCUT2D eigenvalue weighted by Crippen LogP contribution is 2.22. The fourth-order valence-electron chi connectivity index (χ4n) is 1.79. The Bertz CT molecular complexity index is 547. The standard InChI is InChI=1S/C15H20N2O2S/c1-10(2)12(18)9-16-14(19)7-8-15-17-11-5-3-4-6-13(11)20-15/h3-6,10,12,18H,7-9H2,1-2H3,(H,16,19). The van der Waals surface area contributed by atoms with Gasteiger partial charge >= 0.3 is 0 Å². The largest absolute Gasteiger partial charge is 0.391 e. The maximum atomic E-state index is 11.7. The van der Waals surface area contributed by atoms with Gasteiger partial charge in [-0.3, -0.25) is 4.79 Å². The van der Waals surface area contributed by atoms with E-state index in [1.807, 2.05) is 38.1 Å². The minimum atomic E-state index is -0.485. The second-order valence-corrected chi connectivity index (χ2v) is 6.31. The molecule has 1 aromatic heterocycles. The topological polar surface area (TPSA) is 62.2 Å². The Kier molecular flexibility index (Phi) is 5.09. The third-order valence-electron chi connectivity index (χ3n) is 3.18. The van der Waals surface area contributed by atoms with Gasteiger partial charge in [-0.15, -0.1) is 11.3 Å². The van der Waals surface area contributed by atoms with Crippen LogP contribution in [-0.4, -0.2) is 28.6 Å². The highest BCUT2D eigenvalue weighted by atomic mass is 32.1. The maximum Gasteiger partial charge on any atom is 0.220 e. The number of hydrogen-bond donors (Lipinski definition) is 2. The number of para-hydroxylation sites is 1. The summed E-state index contributed by atoms with van der Waals surface area (Å²) in [6.07, 6.45) is 0.564. The zero-order valence-electron chi connectivity index (χ0n) is 11.8. The number of hydrogen-bond acceptors (Lipinski definition) is 4. The normalized spacial score (nSPS) is 12.8. The molecule has 0 aliphatic rings. The summed E-state index contributed by atoms with van der Waals surface area (Å²) in [6, 6.07) is 7.97. The monoisotopic (exact) mass is 292 g/mol. The van der Waals surface area contributed by atoms with E-state index in [0.717, 1.165) is 15.2 Å². The van der Waals surface area contributed by atoms with Gasteiger partial charge in [-0.25, -0.2) is 4.98 Å². The summed E-state index contributed by atoms with van der Waals surface area (Å²) in [4.78, 5) is 16.2. The zero-order valence-corrected chi connectivity index (χ0v) is 12.6. The number of amides is 1. The summed E-state index contributed by atoms with van der Waals surface area (Å²) in [5.41, 5.74) is 0.989. The first-order chi connectivity index (χ1) is 9.56. The molecule has 0 fully saturated rings. The molecule has 1 heterocycles. The molecule has 20 heavy (non-hydrogen) atoms. The lowest BCUT2D eigenvalue weighted by Crippen LogP contribution is -2.34. The molecule has 0 saturated carbocycles. The number of aromatic nitrogens is 1. The van der Waals surface area contributed by atoms with Crippen LogP contribution in [0.5, 0.6) is 0 Å². The van der Waals surface area contributed by atoms with Crippen LogP contribution < -0.4 is 5.32 Å². The van der Waals surface area contributed by atoms with Crippen LogP contribution in [0.25, 0.3) is 10.2 Å². The minimum Gasteiger partial charge on any atom is -0.391 e. The number of aliphatic hydroxyl groups excluding tert-OH is 1. The Labute approximate surface area is 122 Å². The molecule has 0 saturated heterocycles. The predicted octanol–water partition coefficient (Wildman–Crippen LogP) is 2.36. The van der Waals surface area contributed by atoms with E-state index in [4.69, 9.17) is 0 Å². The number of nitrogens with zero attached hydrogens (tertiary/aromatic N) is 1. The zero-order chi connectivity index (χ0) is 14.5. The third kappa shape index (κ3) is 4.02. The van der Waals surface area contributed by atoms with E-state index in [0.29, 0.717) is 19.4 Å². The van der Waals surface area contributed by atoms with Crippen LogP contribution in [0.15, 0.2) is 24.3 Å². The average molecular weight is 292 g/mol. The van der Waals surface area contributed by atoms with Gasteiger partial charge in [-0.1, -0.05) is 26.0 Å². The molecule has 1 unspecified atom stereocenters. The summed E-state index contributed by atoms with van der Waals surface area (Å²) in [5.74, 6) is 0.114. The van der Waals surface area contributed by atoms with Crippen molar-refractivity contribution in [3.05, 3.63) is 29.3 Å². The highest BCUT2D eigenvalue weighted by molar-refractivity contribution is 7.18. The van der Waals surface area contributed by atoms with Crippen molar-refractivity contribution in [2.75, 3.05) is 6.54 Å². The van der Waals surface area contributed by atoms with Crippen molar-refractivity contribution < 1.29 is 9.90 Å². The van der Waals surface area contributed by atoms with Gasteiger partial charge in [-0.2, -0.15) is 0 Å². The van der Waals surface area contributed by atoms with Crippen molar-refractivity contribution in [3.63, 3.8) is 0 Å². The number of benzene rings is 1. The summed E-state index contributed by atoms with van der Waals surface area (Å²) >= 11 is 1.63. The summed E-state index contributed by atoms with van der Waals surface area (Å²) in [5, 5.41) is 13.4. The second-order valence-electron chi connectivity index (χ2n) is 5.19. The molecule has 0 radical (unpaired) electrons. The van der Waals surface area contributed by atoms with Crippen molar-refractivity contribution in [2.45, 2.75) is 32.8 Å². The number of carbonyl (C=O) groups is 1. The van der Waals surface area contributed by atoms with Crippen molar-refractivity contribution >= 4 is 27.5 Å². The Morgan fingerprint density at radius 2 is 2.15 bits per heavy atom. The first-order valence-electron chi connectivity index (χ1n) is 6.85. The van der Waals surface area contributed by atoms with Crippen LogP contribution in [0.3, 0.4) is 0 Å². The van der Waals surface area contributed by atoms with Crippen molar-refractivity contribution in [1.82, 2.24) is 10.3 Å². The van der Waals surface area contributed by atoms with Gasteiger partial charge in [0.15, 0.2) is 0 Å². The number of aliphatic hydroxyl groups is 1. The van der Waals surface area contributed by atoms with Crippen molar-refractivity contribution in [2.24, 2.45) is 5.92 Å². The molecule has 0 aliphatic heterocycles. The molecule has 0 bridgehead atoms. The number of thiazole rings is 1. The minimum absolute atomic E-state index is 0.0380.